The van der Waals surface area contributed by atoms with Crippen molar-refractivity contribution >= 4 is 11.7 Å². The van der Waals surface area contributed by atoms with E-state index in [9.17, 15) is 22.8 Å². The fourth-order valence-electron chi connectivity index (χ4n) is 4.11. The van der Waals surface area contributed by atoms with Crippen molar-refractivity contribution in [2.75, 3.05) is 12.8 Å². The van der Waals surface area contributed by atoms with E-state index in [0.717, 1.165) is 17.2 Å². The number of rotatable bonds is 8. The number of hydrogen-bond donors (Lipinski definition) is 2. The largest absolute Gasteiger partial charge is 0.497 e. The number of ether oxygens (including phenoxy) is 1. The lowest BCUT2D eigenvalue weighted by Gasteiger charge is -2.16. The van der Waals surface area contributed by atoms with Gasteiger partial charge in [0.1, 0.15) is 11.3 Å². The number of hydrogen-bond acceptors (Lipinski definition) is 5. The summed E-state index contributed by atoms with van der Waals surface area (Å²) >= 11 is 0. The number of halogens is 3. The molecule has 37 heavy (non-hydrogen) atoms. The second-order valence-corrected chi connectivity index (χ2v) is 8.41. The molecule has 2 aromatic carbocycles. The number of primary amides is 1. The first kappa shape index (κ1) is 25.5. The van der Waals surface area contributed by atoms with Gasteiger partial charge in [0, 0.05) is 18.7 Å². The van der Waals surface area contributed by atoms with Gasteiger partial charge in [0.05, 0.1) is 31.5 Å². The molecular formula is C26H24F3N5O3. The van der Waals surface area contributed by atoms with E-state index in [-0.39, 0.29) is 46.9 Å². The Morgan fingerprint density at radius 1 is 1.03 bits per heavy atom. The third-order valence-corrected chi connectivity index (χ3v) is 5.91. The van der Waals surface area contributed by atoms with Crippen molar-refractivity contribution in [3.05, 3.63) is 111 Å². The third-order valence-electron chi connectivity index (χ3n) is 5.91. The Kier molecular flexibility index (Phi) is 7.05. The monoisotopic (exact) mass is 511 g/mol. The van der Waals surface area contributed by atoms with Crippen LogP contribution in [0.3, 0.4) is 0 Å². The molecule has 4 N–H and O–H groups in total. The van der Waals surface area contributed by atoms with Crippen LogP contribution in [0.25, 0.3) is 0 Å². The zero-order valence-electron chi connectivity index (χ0n) is 19.8. The van der Waals surface area contributed by atoms with Crippen LogP contribution >= 0.6 is 0 Å². The first-order valence-corrected chi connectivity index (χ1v) is 11.2. The summed E-state index contributed by atoms with van der Waals surface area (Å²) in [5.74, 6) is -0.825. The van der Waals surface area contributed by atoms with Crippen LogP contribution in [0, 0.1) is 0 Å². The van der Waals surface area contributed by atoms with Crippen LogP contribution in [0.1, 0.15) is 38.3 Å². The van der Waals surface area contributed by atoms with E-state index in [1.807, 2.05) is 24.3 Å². The number of alkyl halides is 3. The van der Waals surface area contributed by atoms with Crippen molar-refractivity contribution in [1.82, 2.24) is 14.3 Å². The highest BCUT2D eigenvalue weighted by Gasteiger charge is 2.34. The first-order valence-electron chi connectivity index (χ1n) is 11.2. The molecule has 0 spiro atoms. The number of carbonyl (C=O) groups excluding carboxylic acids is 1. The summed E-state index contributed by atoms with van der Waals surface area (Å²) < 4.78 is 49.2. The van der Waals surface area contributed by atoms with Crippen molar-refractivity contribution in [2.45, 2.75) is 25.7 Å². The molecule has 2 heterocycles. The molecule has 1 amide bonds. The van der Waals surface area contributed by atoms with Gasteiger partial charge in [-0.2, -0.15) is 18.3 Å². The number of nitrogens with two attached hydrogens (primary N) is 2. The molecule has 0 saturated heterocycles. The van der Waals surface area contributed by atoms with Crippen LogP contribution < -0.4 is 21.8 Å². The molecule has 4 aromatic rings. The van der Waals surface area contributed by atoms with Gasteiger partial charge < -0.3 is 20.8 Å². The Morgan fingerprint density at radius 3 is 2.30 bits per heavy atom. The fourth-order valence-corrected chi connectivity index (χ4v) is 4.11. The van der Waals surface area contributed by atoms with Gasteiger partial charge >= 0.3 is 6.18 Å². The van der Waals surface area contributed by atoms with Gasteiger partial charge in [0.25, 0.3) is 11.5 Å². The van der Waals surface area contributed by atoms with Crippen molar-refractivity contribution in [3.8, 4) is 5.75 Å². The van der Waals surface area contributed by atoms with E-state index in [2.05, 4.69) is 5.10 Å². The Morgan fingerprint density at radius 2 is 1.70 bits per heavy atom. The number of benzene rings is 2. The molecule has 4 rings (SSSR count). The van der Waals surface area contributed by atoms with Crippen molar-refractivity contribution in [2.24, 2.45) is 5.73 Å². The third kappa shape index (κ3) is 5.66. The predicted octanol–water partition coefficient (Wildman–Crippen LogP) is 3.44. The number of carbonyl (C=O) groups is 1. The number of methoxy groups -OCH3 is 1. The lowest BCUT2D eigenvalue weighted by Crippen LogP contribution is -2.18. The lowest BCUT2D eigenvalue weighted by molar-refractivity contribution is -0.138. The molecule has 0 saturated carbocycles. The molecule has 0 fully saturated rings. The van der Waals surface area contributed by atoms with Crippen molar-refractivity contribution in [1.29, 1.82) is 0 Å². The summed E-state index contributed by atoms with van der Waals surface area (Å²) in [6.07, 6.45) is -3.24. The highest BCUT2D eigenvalue weighted by Crippen LogP contribution is 2.35. The van der Waals surface area contributed by atoms with E-state index in [0.29, 0.717) is 6.54 Å². The topological polar surface area (TPSA) is 118 Å². The van der Waals surface area contributed by atoms with Crippen LogP contribution in [0.15, 0.2) is 71.7 Å². The molecule has 0 aliphatic heterocycles. The van der Waals surface area contributed by atoms with E-state index in [1.54, 1.807) is 22.9 Å². The molecule has 0 aliphatic rings. The Bertz CT molecular complexity index is 1490. The van der Waals surface area contributed by atoms with Crippen LogP contribution in [0.4, 0.5) is 19.0 Å². The Hall–Kier alpha value is -4.54. The minimum atomic E-state index is -4.62. The molecule has 0 unspecified atom stereocenters. The smallest absolute Gasteiger partial charge is 0.416 e. The molecule has 2 aromatic heterocycles. The summed E-state index contributed by atoms with van der Waals surface area (Å²) in [6.45, 7) is 0.505. The summed E-state index contributed by atoms with van der Waals surface area (Å²) in [5.41, 5.74) is 12.0. The number of nitrogens with zero attached hydrogens (tertiary/aromatic N) is 3. The molecular weight excluding hydrogens is 487 g/mol. The van der Waals surface area contributed by atoms with E-state index in [4.69, 9.17) is 16.2 Å². The van der Waals surface area contributed by atoms with Gasteiger partial charge in [-0.05, 0) is 41.0 Å². The SMILES string of the molecule is COc1ccc(C(F)(F)F)c(Cc2c(C(N)=O)c(N)nn2Cc2ccc(Cn3ccccc3=O)cc2)c1. The molecule has 0 atom stereocenters. The van der Waals surface area contributed by atoms with Gasteiger partial charge in [0.2, 0.25) is 0 Å². The van der Waals surface area contributed by atoms with Crippen molar-refractivity contribution < 1.29 is 22.7 Å². The van der Waals surface area contributed by atoms with Crippen LogP contribution in [-0.2, 0) is 25.7 Å². The Labute approximate surface area is 209 Å². The maximum absolute atomic E-state index is 13.7. The first-order chi connectivity index (χ1) is 17.6. The average Bonchev–Trinajstić information content (AvgIpc) is 3.15. The number of aromatic nitrogens is 3. The number of anilines is 1. The van der Waals surface area contributed by atoms with E-state index >= 15 is 0 Å². The summed E-state index contributed by atoms with van der Waals surface area (Å²) in [6, 6.07) is 15.6. The molecule has 0 radical (unpaired) electrons. The maximum Gasteiger partial charge on any atom is 0.416 e. The standard InChI is InChI=1S/C26H24F3N5O3/c1-37-19-9-10-20(26(27,28)29)18(12-19)13-21-23(25(31)36)24(30)32-34(21)15-17-7-5-16(6-8-17)14-33-11-3-2-4-22(33)35/h2-12H,13-15H2,1H3,(H2,30,32)(H2,31,36). The zero-order valence-corrected chi connectivity index (χ0v) is 19.8. The van der Waals surface area contributed by atoms with Gasteiger partial charge in [-0.15, -0.1) is 0 Å². The Balaban J connectivity index is 1.67. The second-order valence-electron chi connectivity index (χ2n) is 8.41. The van der Waals surface area contributed by atoms with Gasteiger partial charge in [-0.1, -0.05) is 30.3 Å². The van der Waals surface area contributed by atoms with Crippen LogP contribution in [0.5, 0.6) is 5.75 Å². The molecule has 192 valence electrons. The maximum atomic E-state index is 13.7. The predicted molar refractivity (Wildman–Crippen MR) is 131 cm³/mol. The van der Waals surface area contributed by atoms with Crippen LogP contribution in [0.2, 0.25) is 0 Å². The fraction of sp³-hybridized carbons (Fsp3) is 0.192. The number of pyridine rings is 1. The quantitative estimate of drug-likeness (QED) is 0.376. The summed E-state index contributed by atoms with van der Waals surface area (Å²) in [5, 5.41) is 4.20. The minimum absolute atomic E-state index is 0.112. The van der Waals surface area contributed by atoms with Crippen molar-refractivity contribution in [3.63, 3.8) is 0 Å². The summed E-state index contributed by atoms with van der Waals surface area (Å²) in [7, 11) is 1.35. The lowest BCUT2D eigenvalue weighted by atomic mass is 9.99. The number of amides is 1. The highest BCUT2D eigenvalue weighted by atomic mass is 19.4. The van der Waals surface area contributed by atoms with Crippen LogP contribution in [-0.4, -0.2) is 27.4 Å². The minimum Gasteiger partial charge on any atom is -0.497 e. The second kappa shape index (κ2) is 10.2. The summed E-state index contributed by atoms with van der Waals surface area (Å²) in [4.78, 5) is 24.1. The van der Waals surface area contributed by atoms with E-state index < -0.39 is 17.6 Å². The van der Waals surface area contributed by atoms with Gasteiger partial charge in [-0.25, -0.2) is 0 Å². The number of nitrogen functional groups attached to an aromatic ring is 1. The average molecular weight is 512 g/mol. The molecule has 11 heteroatoms. The van der Waals surface area contributed by atoms with Gasteiger partial charge in [-0.3, -0.25) is 14.3 Å². The molecule has 8 nitrogen and oxygen atoms in total. The zero-order chi connectivity index (χ0) is 26.7. The molecule has 0 aliphatic carbocycles. The van der Waals surface area contributed by atoms with E-state index in [1.165, 1.54) is 30.0 Å². The normalized spacial score (nSPS) is 11.5. The molecule has 0 bridgehead atoms. The highest BCUT2D eigenvalue weighted by molar-refractivity contribution is 5.98. The van der Waals surface area contributed by atoms with Gasteiger partial charge in [0.15, 0.2) is 5.82 Å².